The number of anilines is 2. The second-order valence-corrected chi connectivity index (χ2v) is 7.15. The summed E-state index contributed by atoms with van der Waals surface area (Å²) in [5.74, 6) is -0.564. The Morgan fingerprint density at radius 2 is 2.04 bits per heavy atom. The van der Waals surface area contributed by atoms with Gasteiger partial charge in [-0.25, -0.2) is 4.79 Å². The highest BCUT2D eigenvalue weighted by Gasteiger charge is 2.27. The molecule has 1 aliphatic carbocycles. The molecule has 2 amide bonds. The zero-order valence-corrected chi connectivity index (χ0v) is 15.3. The third-order valence-corrected chi connectivity index (χ3v) is 5.10. The molecular formula is C17H19N3O5S. The van der Waals surface area contributed by atoms with Crippen molar-refractivity contribution in [2.75, 3.05) is 17.2 Å². The molecule has 0 fully saturated rings. The second kappa shape index (κ2) is 7.69. The maximum absolute atomic E-state index is 12.6. The first kappa shape index (κ1) is 18.1. The second-order valence-electron chi connectivity index (χ2n) is 6.04. The summed E-state index contributed by atoms with van der Waals surface area (Å²) in [7, 11) is 0. The normalized spacial score (nSPS) is 13.0. The summed E-state index contributed by atoms with van der Waals surface area (Å²) in [5.41, 5.74) is 1.28. The molecule has 0 bridgehead atoms. The Labute approximate surface area is 153 Å². The van der Waals surface area contributed by atoms with E-state index in [4.69, 9.17) is 9.26 Å². The molecule has 0 aliphatic heterocycles. The van der Waals surface area contributed by atoms with Crippen molar-refractivity contribution in [1.29, 1.82) is 0 Å². The first-order valence-corrected chi connectivity index (χ1v) is 9.08. The first-order chi connectivity index (χ1) is 12.4. The molecule has 0 spiro atoms. The number of aromatic nitrogens is 1. The zero-order chi connectivity index (χ0) is 18.7. The minimum Gasteiger partial charge on any atom is -0.452 e. The Balaban J connectivity index is 1.69. The molecule has 2 aromatic rings. The molecule has 138 valence electrons. The summed E-state index contributed by atoms with van der Waals surface area (Å²) in [6.07, 6.45) is 3.68. The van der Waals surface area contributed by atoms with Crippen LogP contribution in [0.15, 0.2) is 10.6 Å². The molecule has 2 aromatic heterocycles. The van der Waals surface area contributed by atoms with Gasteiger partial charge in [-0.05, 0) is 38.2 Å². The number of thiophene rings is 1. The van der Waals surface area contributed by atoms with E-state index in [2.05, 4.69) is 15.8 Å². The van der Waals surface area contributed by atoms with E-state index >= 15 is 0 Å². The van der Waals surface area contributed by atoms with Gasteiger partial charge in [0, 0.05) is 17.9 Å². The van der Waals surface area contributed by atoms with Crippen molar-refractivity contribution in [2.24, 2.45) is 0 Å². The highest BCUT2D eigenvalue weighted by Crippen LogP contribution is 2.38. The summed E-state index contributed by atoms with van der Waals surface area (Å²) >= 11 is 1.40. The lowest BCUT2D eigenvalue weighted by molar-refractivity contribution is -0.119. The molecule has 3 rings (SSSR count). The lowest BCUT2D eigenvalue weighted by Gasteiger charge is -2.12. The van der Waals surface area contributed by atoms with Gasteiger partial charge in [-0.3, -0.25) is 9.59 Å². The van der Waals surface area contributed by atoms with Gasteiger partial charge in [-0.1, -0.05) is 5.16 Å². The number of amides is 2. The number of carbonyl (C=O) groups excluding carboxylic acids is 3. The predicted molar refractivity (Wildman–Crippen MR) is 95.4 cm³/mol. The molecule has 0 saturated carbocycles. The Morgan fingerprint density at radius 1 is 1.27 bits per heavy atom. The van der Waals surface area contributed by atoms with Gasteiger partial charge < -0.3 is 19.9 Å². The van der Waals surface area contributed by atoms with E-state index in [0.29, 0.717) is 16.3 Å². The molecule has 0 radical (unpaired) electrons. The van der Waals surface area contributed by atoms with Gasteiger partial charge in [0.1, 0.15) is 10.8 Å². The van der Waals surface area contributed by atoms with Gasteiger partial charge in [0.05, 0.1) is 5.56 Å². The van der Waals surface area contributed by atoms with E-state index in [9.17, 15) is 14.4 Å². The first-order valence-electron chi connectivity index (χ1n) is 8.26. The summed E-state index contributed by atoms with van der Waals surface area (Å²) < 4.78 is 10.0. The largest absolute Gasteiger partial charge is 0.452 e. The number of rotatable bonds is 5. The third kappa shape index (κ3) is 4.10. The predicted octanol–water partition coefficient (Wildman–Crippen LogP) is 2.68. The fraction of sp³-hybridized carbons (Fsp3) is 0.412. The molecule has 0 aromatic carbocycles. The zero-order valence-electron chi connectivity index (χ0n) is 14.5. The Hall–Kier alpha value is -2.68. The van der Waals surface area contributed by atoms with Gasteiger partial charge in [0.15, 0.2) is 12.4 Å². The number of ether oxygens (including phenoxy) is 1. The molecular weight excluding hydrogens is 358 g/mol. The molecule has 0 saturated heterocycles. The number of aryl methyl sites for hydroxylation is 2. The maximum atomic E-state index is 12.6. The van der Waals surface area contributed by atoms with Gasteiger partial charge in [-0.2, -0.15) is 0 Å². The maximum Gasteiger partial charge on any atom is 0.341 e. The van der Waals surface area contributed by atoms with E-state index in [1.54, 1.807) is 13.0 Å². The van der Waals surface area contributed by atoms with Gasteiger partial charge in [-0.15, -0.1) is 11.3 Å². The van der Waals surface area contributed by atoms with Crippen molar-refractivity contribution < 1.29 is 23.6 Å². The third-order valence-electron chi connectivity index (χ3n) is 3.89. The van der Waals surface area contributed by atoms with Crippen molar-refractivity contribution in [3.63, 3.8) is 0 Å². The van der Waals surface area contributed by atoms with E-state index < -0.39 is 18.5 Å². The molecule has 26 heavy (non-hydrogen) atoms. The average molecular weight is 377 g/mol. The smallest absolute Gasteiger partial charge is 0.341 e. The van der Waals surface area contributed by atoms with Crippen LogP contribution in [0.4, 0.5) is 10.8 Å². The Kier molecular flexibility index (Phi) is 5.36. The quantitative estimate of drug-likeness (QED) is 0.775. The molecule has 1 aliphatic rings. The van der Waals surface area contributed by atoms with E-state index in [1.807, 2.05) is 0 Å². The highest BCUT2D eigenvalue weighted by atomic mass is 32.1. The van der Waals surface area contributed by atoms with Crippen LogP contribution in [0.1, 0.15) is 46.3 Å². The molecule has 0 atom stereocenters. The summed E-state index contributed by atoms with van der Waals surface area (Å²) in [4.78, 5) is 37.0. The molecule has 2 heterocycles. The van der Waals surface area contributed by atoms with Gasteiger partial charge >= 0.3 is 5.97 Å². The number of nitrogens with zero attached hydrogens (tertiary/aromatic N) is 1. The van der Waals surface area contributed by atoms with Crippen LogP contribution in [0.3, 0.4) is 0 Å². The van der Waals surface area contributed by atoms with Gasteiger partial charge in [0.25, 0.3) is 5.91 Å². The SMILES string of the molecule is CC(=O)Nc1sc2c(c1C(=O)OCC(=O)Nc1cc(C)on1)CCCC2. The number of carbonyl (C=O) groups is 3. The van der Waals surface area contributed by atoms with Crippen LogP contribution in [0.5, 0.6) is 0 Å². The lowest BCUT2D eigenvalue weighted by Crippen LogP contribution is -2.22. The number of hydrogen-bond donors (Lipinski definition) is 2. The highest BCUT2D eigenvalue weighted by molar-refractivity contribution is 7.17. The van der Waals surface area contributed by atoms with Crippen molar-refractivity contribution >= 4 is 39.9 Å². The van der Waals surface area contributed by atoms with Crippen LogP contribution in [0, 0.1) is 6.92 Å². The Morgan fingerprint density at radius 3 is 2.73 bits per heavy atom. The summed E-state index contributed by atoms with van der Waals surface area (Å²) in [6.45, 7) is 2.64. The minimum atomic E-state index is -0.611. The minimum absolute atomic E-state index is 0.253. The van der Waals surface area contributed by atoms with E-state index in [1.165, 1.54) is 18.3 Å². The van der Waals surface area contributed by atoms with Crippen molar-refractivity contribution in [3.8, 4) is 0 Å². The number of nitrogens with one attached hydrogen (secondary N) is 2. The fourth-order valence-electron chi connectivity index (χ4n) is 2.84. The van der Waals surface area contributed by atoms with E-state index in [0.717, 1.165) is 36.1 Å². The monoisotopic (exact) mass is 377 g/mol. The number of esters is 1. The number of fused-ring (bicyclic) bond motifs is 1. The van der Waals surface area contributed by atoms with Crippen LogP contribution >= 0.6 is 11.3 Å². The molecule has 0 unspecified atom stereocenters. The van der Waals surface area contributed by atoms with Crippen LogP contribution in [-0.2, 0) is 27.2 Å². The lowest BCUT2D eigenvalue weighted by atomic mass is 9.95. The van der Waals surface area contributed by atoms with Crippen LogP contribution in [0.2, 0.25) is 0 Å². The van der Waals surface area contributed by atoms with E-state index in [-0.39, 0.29) is 11.7 Å². The molecule has 9 heteroatoms. The Bertz CT molecular complexity index is 855. The van der Waals surface area contributed by atoms with Crippen LogP contribution < -0.4 is 10.6 Å². The molecule has 2 N–H and O–H groups in total. The van der Waals surface area contributed by atoms with Crippen molar-refractivity contribution in [2.45, 2.75) is 39.5 Å². The fourth-order valence-corrected chi connectivity index (χ4v) is 4.16. The topological polar surface area (TPSA) is 111 Å². The van der Waals surface area contributed by atoms with Gasteiger partial charge in [0.2, 0.25) is 5.91 Å². The molecule has 8 nitrogen and oxygen atoms in total. The average Bonchev–Trinajstić information content (AvgIpc) is 3.15. The van der Waals surface area contributed by atoms with Crippen molar-refractivity contribution in [1.82, 2.24) is 5.16 Å². The standard InChI is InChI=1S/C17H19N3O5S/c1-9-7-13(20-25-9)19-14(22)8-24-17(23)15-11-5-3-4-6-12(11)26-16(15)18-10(2)21/h7H,3-6,8H2,1-2H3,(H,18,21)(H,19,20,22). The van der Waals surface area contributed by atoms with Crippen molar-refractivity contribution in [3.05, 3.63) is 27.8 Å². The van der Waals surface area contributed by atoms with Crippen LogP contribution in [0.25, 0.3) is 0 Å². The summed E-state index contributed by atoms with van der Waals surface area (Å²) in [5, 5.41) is 9.31. The number of hydrogen-bond acceptors (Lipinski definition) is 7. The summed E-state index contributed by atoms with van der Waals surface area (Å²) in [6, 6.07) is 1.56. The van der Waals surface area contributed by atoms with Crippen LogP contribution in [-0.4, -0.2) is 29.5 Å².